The molecule has 1 fully saturated rings. The van der Waals surface area contributed by atoms with Gasteiger partial charge in [-0.2, -0.15) is 0 Å². The van der Waals surface area contributed by atoms with Crippen LogP contribution >= 0.6 is 11.6 Å². The summed E-state index contributed by atoms with van der Waals surface area (Å²) in [5, 5.41) is 12.8. The summed E-state index contributed by atoms with van der Waals surface area (Å²) in [5.41, 5.74) is 0.203. The fraction of sp³-hybridized carbons (Fsp3) is 0.462. The summed E-state index contributed by atoms with van der Waals surface area (Å²) in [5.74, 6) is -0.374. The Hall–Kier alpha value is -1.30. The molecule has 2 N–H and O–H groups in total. The minimum absolute atomic E-state index is 0.0618. The maximum atomic E-state index is 11.9. The van der Waals surface area contributed by atoms with Crippen LogP contribution in [0.4, 0.5) is 0 Å². The van der Waals surface area contributed by atoms with Gasteiger partial charge in [0.25, 0.3) is 5.91 Å². The van der Waals surface area contributed by atoms with E-state index in [-0.39, 0.29) is 17.2 Å². The Labute approximate surface area is 117 Å². The first kappa shape index (κ1) is 14.1. The molecule has 1 aromatic rings. The molecule has 104 valence electrons. The molecule has 1 aliphatic heterocycles. The lowest BCUT2D eigenvalue weighted by Crippen LogP contribution is -2.41. The van der Waals surface area contributed by atoms with E-state index < -0.39 is 0 Å². The number of hydrogen-bond donors (Lipinski definition) is 2. The Bertz CT molecular complexity index is 448. The molecule has 19 heavy (non-hydrogen) atoms. The largest absolute Gasteiger partial charge is 0.507 e. The minimum Gasteiger partial charge on any atom is -0.507 e. The molecule has 0 spiro atoms. The van der Waals surface area contributed by atoms with Crippen LogP contribution in [0, 0.1) is 0 Å². The second-order valence-electron chi connectivity index (χ2n) is 4.37. The number of phenolic OH excluding ortho intramolecular Hbond substituents is 1. The predicted octanol–water partition coefficient (Wildman–Crippen LogP) is 1.11. The van der Waals surface area contributed by atoms with Crippen molar-refractivity contribution in [1.29, 1.82) is 0 Å². The fourth-order valence-electron chi connectivity index (χ4n) is 1.94. The number of hydrogen-bond acceptors (Lipinski definition) is 4. The van der Waals surface area contributed by atoms with Gasteiger partial charge in [-0.3, -0.25) is 9.69 Å². The highest BCUT2D eigenvalue weighted by molar-refractivity contribution is 6.31. The third kappa shape index (κ3) is 4.09. The van der Waals surface area contributed by atoms with Crippen molar-refractivity contribution >= 4 is 17.5 Å². The van der Waals surface area contributed by atoms with Gasteiger partial charge in [-0.05, 0) is 18.2 Å². The van der Waals surface area contributed by atoms with Crippen molar-refractivity contribution in [3.8, 4) is 5.75 Å². The van der Waals surface area contributed by atoms with E-state index >= 15 is 0 Å². The maximum Gasteiger partial charge on any atom is 0.255 e. The van der Waals surface area contributed by atoms with Crippen molar-refractivity contribution in [1.82, 2.24) is 10.2 Å². The van der Waals surface area contributed by atoms with Crippen LogP contribution < -0.4 is 5.32 Å². The smallest absolute Gasteiger partial charge is 0.255 e. The third-order valence-electron chi connectivity index (χ3n) is 3.02. The van der Waals surface area contributed by atoms with Gasteiger partial charge in [0.2, 0.25) is 0 Å². The highest BCUT2D eigenvalue weighted by Gasteiger charge is 2.13. The number of carbonyl (C=O) groups is 1. The number of amides is 1. The van der Waals surface area contributed by atoms with Crippen molar-refractivity contribution in [3.05, 3.63) is 28.8 Å². The lowest BCUT2D eigenvalue weighted by molar-refractivity contribution is 0.0383. The average Bonchev–Trinajstić information content (AvgIpc) is 2.42. The lowest BCUT2D eigenvalue weighted by Gasteiger charge is -2.26. The molecule has 1 aromatic carbocycles. The molecule has 0 aromatic heterocycles. The average molecular weight is 285 g/mol. The molecule has 0 bridgehead atoms. The van der Waals surface area contributed by atoms with Crippen molar-refractivity contribution in [2.45, 2.75) is 0 Å². The van der Waals surface area contributed by atoms with Crippen molar-refractivity contribution in [2.24, 2.45) is 0 Å². The van der Waals surface area contributed by atoms with E-state index in [0.29, 0.717) is 11.6 Å². The van der Waals surface area contributed by atoms with Crippen LogP contribution in [0.15, 0.2) is 18.2 Å². The zero-order valence-corrected chi connectivity index (χ0v) is 11.3. The van der Waals surface area contributed by atoms with Gasteiger partial charge >= 0.3 is 0 Å². The molecule has 0 unspecified atom stereocenters. The third-order valence-corrected chi connectivity index (χ3v) is 3.26. The van der Waals surface area contributed by atoms with E-state index in [2.05, 4.69) is 10.2 Å². The summed E-state index contributed by atoms with van der Waals surface area (Å²) in [6.07, 6.45) is 0. The topological polar surface area (TPSA) is 61.8 Å². The Morgan fingerprint density at radius 1 is 1.42 bits per heavy atom. The SMILES string of the molecule is O=C(NCCN1CCOCC1)c1cc(Cl)ccc1O. The molecular weight excluding hydrogens is 268 g/mol. The molecule has 0 aliphatic carbocycles. The standard InChI is InChI=1S/C13H17ClN2O3/c14-10-1-2-12(17)11(9-10)13(18)15-3-4-16-5-7-19-8-6-16/h1-2,9,17H,3-8H2,(H,15,18). The summed E-state index contributed by atoms with van der Waals surface area (Å²) in [4.78, 5) is 14.1. The Kier molecular flexibility index (Phi) is 5.01. The van der Waals surface area contributed by atoms with Gasteiger partial charge in [0.1, 0.15) is 5.75 Å². The number of halogens is 1. The van der Waals surface area contributed by atoms with Crippen LogP contribution in [-0.4, -0.2) is 55.3 Å². The number of rotatable bonds is 4. The van der Waals surface area contributed by atoms with Gasteiger partial charge in [0.15, 0.2) is 0 Å². The van der Waals surface area contributed by atoms with Crippen LogP contribution in [-0.2, 0) is 4.74 Å². The van der Waals surface area contributed by atoms with Crippen LogP contribution in [0.3, 0.4) is 0 Å². The number of ether oxygens (including phenoxy) is 1. The molecule has 0 saturated carbocycles. The summed E-state index contributed by atoms with van der Waals surface area (Å²) in [7, 11) is 0. The molecule has 1 saturated heterocycles. The summed E-state index contributed by atoms with van der Waals surface area (Å²) in [6, 6.07) is 4.42. The zero-order valence-electron chi connectivity index (χ0n) is 10.6. The number of phenols is 1. The Morgan fingerprint density at radius 3 is 2.89 bits per heavy atom. The molecule has 1 aliphatic rings. The van der Waals surface area contributed by atoms with Gasteiger partial charge in [-0.25, -0.2) is 0 Å². The van der Waals surface area contributed by atoms with Gasteiger partial charge in [0, 0.05) is 31.2 Å². The van der Waals surface area contributed by atoms with Crippen LogP contribution in [0.1, 0.15) is 10.4 Å². The number of nitrogens with one attached hydrogen (secondary N) is 1. The number of benzene rings is 1. The second-order valence-corrected chi connectivity index (χ2v) is 4.81. The van der Waals surface area contributed by atoms with E-state index in [9.17, 15) is 9.90 Å². The molecule has 0 atom stereocenters. The van der Waals surface area contributed by atoms with Crippen LogP contribution in [0.25, 0.3) is 0 Å². The molecule has 1 heterocycles. The van der Waals surface area contributed by atoms with E-state index in [1.807, 2.05) is 0 Å². The highest BCUT2D eigenvalue weighted by atomic mass is 35.5. The van der Waals surface area contributed by atoms with Gasteiger partial charge < -0.3 is 15.2 Å². The van der Waals surface area contributed by atoms with E-state index in [1.165, 1.54) is 12.1 Å². The number of morpholine rings is 1. The van der Waals surface area contributed by atoms with Crippen LogP contribution in [0.5, 0.6) is 5.75 Å². The Morgan fingerprint density at radius 2 is 2.16 bits per heavy atom. The summed E-state index contributed by atoms with van der Waals surface area (Å²) < 4.78 is 5.25. The molecule has 2 rings (SSSR count). The van der Waals surface area contributed by atoms with E-state index in [4.69, 9.17) is 16.3 Å². The predicted molar refractivity (Wildman–Crippen MR) is 72.7 cm³/mol. The highest BCUT2D eigenvalue weighted by Crippen LogP contribution is 2.21. The molecular formula is C13H17ClN2O3. The lowest BCUT2D eigenvalue weighted by atomic mass is 10.2. The number of aromatic hydroxyl groups is 1. The van der Waals surface area contributed by atoms with Crippen molar-refractivity contribution in [2.75, 3.05) is 39.4 Å². The molecule has 6 heteroatoms. The molecule has 1 amide bonds. The normalized spacial score (nSPS) is 16.3. The van der Waals surface area contributed by atoms with E-state index in [1.54, 1.807) is 6.07 Å². The number of nitrogens with zero attached hydrogens (tertiary/aromatic N) is 1. The molecule has 0 radical (unpaired) electrons. The van der Waals surface area contributed by atoms with Crippen molar-refractivity contribution in [3.63, 3.8) is 0 Å². The Balaban J connectivity index is 1.82. The first-order chi connectivity index (χ1) is 9.16. The molecule has 5 nitrogen and oxygen atoms in total. The monoisotopic (exact) mass is 284 g/mol. The maximum absolute atomic E-state index is 11.9. The number of carbonyl (C=O) groups excluding carboxylic acids is 1. The minimum atomic E-state index is -0.312. The fourth-order valence-corrected chi connectivity index (χ4v) is 2.11. The second kappa shape index (κ2) is 6.75. The first-order valence-corrected chi connectivity index (χ1v) is 6.61. The zero-order chi connectivity index (χ0) is 13.7. The van der Waals surface area contributed by atoms with Crippen molar-refractivity contribution < 1.29 is 14.6 Å². The quantitative estimate of drug-likeness (QED) is 0.869. The van der Waals surface area contributed by atoms with Gasteiger partial charge in [-0.1, -0.05) is 11.6 Å². The van der Waals surface area contributed by atoms with Gasteiger partial charge in [0.05, 0.1) is 18.8 Å². The van der Waals surface area contributed by atoms with E-state index in [0.717, 1.165) is 32.8 Å². The summed E-state index contributed by atoms with van der Waals surface area (Å²) >= 11 is 5.80. The summed E-state index contributed by atoms with van der Waals surface area (Å²) in [6.45, 7) is 4.56. The van der Waals surface area contributed by atoms with Crippen LogP contribution in [0.2, 0.25) is 5.02 Å². The van der Waals surface area contributed by atoms with Gasteiger partial charge in [-0.15, -0.1) is 0 Å². The first-order valence-electron chi connectivity index (χ1n) is 6.23.